The number of furan rings is 2. The van der Waals surface area contributed by atoms with Gasteiger partial charge in [-0.1, -0.05) is 6.07 Å². The largest absolute Gasteiger partial charge is 0.493 e. The number of benzene rings is 1. The SMILES string of the molecule is CCOc1cc(-c2ccc(OC(=O)c3ccco3)c(OC)c2)cc(=O)c2c(C)oc(C)c12. The predicted molar refractivity (Wildman–Crippen MR) is 119 cm³/mol. The van der Waals surface area contributed by atoms with Crippen LogP contribution in [0.1, 0.15) is 29.0 Å². The first kappa shape index (κ1) is 21.2. The summed E-state index contributed by atoms with van der Waals surface area (Å²) in [5.41, 5.74) is 1.15. The minimum absolute atomic E-state index is 0.0820. The van der Waals surface area contributed by atoms with Gasteiger partial charge in [-0.25, -0.2) is 4.79 Å². The van der Waals surface area contributed by atoms with Crippen molar-refractivity contribution in [2.75, 3.05) is 13.7 Å². The van der Waals surface area contributed by atoms with Gasteiger partial charge in [0.2, 0.25) is 5.76 Å². The third kappa shape index (κ3) is 3.85. The third-order valence-electron chi connectivity index (χ3n) is 5.05. The highest BCUT2D eigenvalue weighted by Crippen LogP contribution is 2.36. The summed E-state index contributed by atoms with van der Waals surface area (Å²) in [6, 6.07) is 11.5. The molecule has 2 aromatic carbocycles. The molecule has 7 heteroatoms. The molecular formula is C25H22O7. The number of carbonyl (C=O) groups excluding carboxylic acids is 1. The van der Waals surface area contributed by atoms with E-state index < -0.39 is 5.97 Å². The average Bonchev–Trinajstić information content (AvgIpc) is 3.37. The van der Waals surface area contributed by atoms with E-state index in [9.17, 15) is 9.59 Å². The summed E-state index contributed by atoms with van der Waals surface area (Å²) in [7, 11) is 1.47. The van der Waals surface area contributed by atoms with Crippen molar-refractivity contribution >= 4 is 16.7 Å². The summed E-state index contributed by atoms with van der Waals surface area (Å²) in [6.45, 7) is 5.88. The molecule has 0 bridgehead atoms. The molecule has 4 rings (SSSR count). The Hall–Kier alpha value is -4.00. The molecule has 0 atom stereocenters. The van der Waals surface area contributed by atoms with E-state index in [0.29, 0.717) is 51.5 Å². The van der Waals surface area contributed by atoms with Crippen molar-refractivity contribution in [2.45, 2.75) is 20.8 Å². The van der Waals surface area contributed by atoms with Crippen LogP contribution < -0.4 is 19.6 Å². The molecule has 4 aromatic rings. The molecule has 0 fully saturated rings. The van der Waals surface area contributed by atoms with Crippen molar-refractivity contribution in [3.8, 4) is 28.4 Å². The second kappa shape index (κ2) is 8.63. The Balaban J connectivity index is 1.82. The van der Waals surface area contributed by atoms with Crippen molar-refractivity contribution in [3.05, 3.63) is 76.2 Å². The lowest BCUT2D eigenvalue weighted by Crippen LogP contribution is -2.08. The fourth-order valence-electron chi connectivity index (χ4n) is 3.66. The second-order valence-electron chi connectivity index (χ2n) is 7.10. The van der Waals surface area contributed by atoms with E-state index in [1.165, 1.54) is 25.5 Å². The topological polar surface area (TPSA) is 88.1 Å². The Morgan fingerprint density at radius 3 is 2.38 bits per heavy atom. The summed E-state index contributed by atoms with van der Waals surface area (Å²) in [5.74, 6) is 1.73. The van der Waals surface area contributed by atoms with E-state index in [0.717, 1.165) is 0 Å². The number of hydrogen-bond acceptors (Lipinski definition) is 7. The smallest absolute Gasteiger partial charge is 0.379 e. The number of rotatable bonds is 6. The zero-order chi connectivity index (χ0) is 22.8. The molecule has 0 radical (unpaired) electrons. The molecule has 0 aliphatic rings. The second-order valence-corrected chi connectivity index (χ2v) is 7.10. The van der Waals surface area contributed by atoms with Gasteiger partial charge in [0.25, 0.3) is 0 Å². The van der Waals surface area contributed by atoms with Crippen LogP contribution >= 0.6 is 0 Å². The molecule has 2 aromatic heterocycles. The maximum atomic E-state index is 13.0. The summed E-state index contributed by atoms with van der Waals surface area (Å²) >= 11 is 0. The van der Waals surface area contributed by atoms with E-state index >= 15 is 0 Å². The summed E-state index contributed by atoms with van der Waals surface area (Å²) in [5, 5.41) is 1.16. The molecule has 0 amide bonds. The van der Waals surface area contributed by atoms with Gasteiger partial charge in [0, 0.05) is 0 Å². The Morgan fingerprint density at radius 2 is 1.69 bits per heavy atom. The van der Waals surface area contributed by atoms with Crippen LogP contribution in [0, 0.1) is 13.8 Å². The molecule has 2 heterocycles. The Bertz CT molecular complexity index is 1350. The van der Waals surface area contributed by atoms with Gasteiger partial charge in [0.15, 0.2) is 16.9 Å². The van der Waals surface area contributed by atoms with Crippen LogP contribution in [0.25, 0.3) is 21.9 Å². The predicted octanol–water partition coefficient (Wildman–Crippen LogP) is 5.30. The maximum Gasteiger partial charge on any atom is 0.379 e. The maximum absolute atomic E-state index is 13.0. The van der Waals surface area contributed by atoms with Gasteiger partial charge in [0.05, 0.1) is 30.8 Å². The summed E-state index contributed by atoms with van der Waals surface area (Å²) in [6.07, 6.45) is 1.39. The van der Waals surface area contributed by atoms with Crippen LogP contribution in [-0.2, 0) is 0 Å². The lowest BCUT2D eigenvalue weighted by atomic mass is 10.1. The Labute approximate surface area is 184 Å². The van der Waals surface area contributed by atoms with Crippen molar-refractivity contribution < 1.29 is 27.8 Å². The van der Waals surface area contributed by atoms with E-state index in [1.54, 1.807) is 37.3 Å². The molecule has 0 N–H and O–H groups in total. The number of esters is 1. The zero-order valence-corrected chi connectivity index (χ0v) is 18.2. The number of fused-ring (bicyclic) bond motifs is 1. The van der Waals surface area contributed by atoms with Gasteiger partial charge in [-0.15, -0.1) is 0 Å². The highest BCUT2D eigenvalue weighted by Gasteiger charge is 2.18. The van der Waals surface area contributed by atoms with Crippen LogP contribution in [0.2, 0.25) is 0 Å². The van der Waals surface area contributed by atoms with Crippen molar-refractivity contribution in [2.24, 2.45) is 0 Å². The molecule has 0 aliphatic carbocycles. The molecule has 0 unspecified atom stereocenters. The van der Waals surface area contributed by atoms with Crippen LogP contribution in [0.4, 0.5) is 0 Å². The van der Waals surface area contributed by atoms with Crippen LogP contribution in [0.3, 0.4) is 0 Å². The normalized spacial score (nSPS) is 10.9. The monoisotopic (exact) mass is 434 g/mol. The third-order valence-corrected chi connectivity index (χ3v) is 5.05. The first-order chi connectivity index (χ1) is 15.4. The minimum Gasteiger partial charge on any atom is -0.493 e. The highest BCUT2D eigenvalue weighted by atomic mass is 16.6. The quantitative estimate of drug-likeness (QED) is 0.301. The van der Waals surface area contributed by atoms with Crippen molar-refractivity contribution in [1.82, 2.24) is 0 Å². The lowest BCUT2D eigenvalue weighted by Gasteiger charge is -2.10. The van der Waals surface area contributed by atoms with Gasteiger partial charge in [-0.2, -0.15) is 0 Å². The highest BCUT2D eigenvalue weighted by molar-refractivity contribution is 5.93. The number of aryl methyl sites for hydroxylation is 2. The summed E-state index contributed by atoms with van der Waals surface area (Å²) in [4.78, 5) is 25.3. The fraction of sp³-hybridized carbons (Fsp3) is 0.200. The first-order valence-corrected chi connectivity index (χ1v) is 10.1. The van der Waals surface area contributed by atoms with Gasteiger partial charge in [0.1, 0.15) is 17.3 Å². The number of carbonyl (C=O) groups is 1. The minimum atomic E-state index is -0.638. The van der Waals surface area contributed by atoms with Crippen LogP contribution in [-0.4, -0.2) is 19.7 Å². The van der Waals surface area contributed by atoms with Crippen LogP contribution in [0.5, 0.6) is 17.2 Å². The van der Waals surface area contributed by atoms with E-state index in [1.807, 2.05) is 13.8 Å². The molecule has 0 spiro atoms. The van der Waals surface area contributed by atoms with Crippen LogP contribution in [0.15, 0.2) is 62.4 Å². The van der Waals surface area contributed by atoms with Gasteiger partial charge >= 0.3 is 5.97 Å². The number of methoxy groups -OCH3 is 1. The van der Waals surface area contributed by atoms with Crippen molar-refractivity contribution in [1.29, 1.82) is 0 Å². The van der Waals surface area contributed by atoms with E-state index in [4.69, 9.17) is 23.0 Å². The van der Waals surface area contributed by atoms with Crippen molar-refractivity contribution in [3.63, 3.8) is 0 Å². The average molecular weight is 434 g/mol. The van der Waals surface area contributed by atoms with Gasteiger partial charge in [-0.05, 0) is 68.3 Å². The standard InChI is InChI=1S/C25H22O7/c1-5-29-22-13-17(11-18(26)23-14(2)31-15(3)24(22)23)16-8-9-19(21(12-16)28-4)32-25(27)20-7-6-10-30-20/h6-13H,5H2,1-4H3. The van der Waals surface area contributed by atoms with E-state index in [-0.39, 0.29) is 16.9 Å². The molecular weight excluding hydrogens is 412 g/mol. The Kier molecular flexibility index (Phi) is 5.73. The van der Waals surface area contributed by atoms with E-state index in [2.05, 4.69) is 0 Å². The fourth-order valence-corrected chi connectivity index (χ4v) is 3.66. The molecule has 0 aliphatic heterocycles. The summed E-state index contributed by atoms with van der Waals surface area (Å²) < 4.78 is 27.4. The molecule has 7 nitrogen and oxygen atoms in total. The molecule has 0 saturated carbocycles. The number of ether oxygens (including phenoxy) is 3. The van der Waals surface area contributed by atoms with Gasteiger partial charge < -0.3 is 23.0 Å². The number of hydrogen-bond donors (Lipinski definition) is 0. The lowest BCUT2D eigenvalue weighted by molar-refractivity contribution is 0.0696. The molecule has 32 heavy (non-hydrogen) atoms. The Morgan fingerprint density at radius 1 is 0.938 bits per heavy atom. The van der Waals surface area contributed by atoms with Gasteiger partial charge in [-0.3, -0.25) is 4.79 Å². The first-order valence-electron chi connectivity index (χ1n) is 10.1. The molecule has 0 saturated heterocycles. The molecule has 164 valence electrons. The zero-order valence-electron chi connectivity index (χ0n) is 18.2.